The second-order valence-electron chi connectivity index (χ2n) is 17.7. The molecule has 3 aliphatic rings. The van der Waals surface area contributed by atoms with Crippen molar-refractivity contribution in [3.8, 4) is 10.7 Å². The third-order valence-electron chi connectivity index (χ3n) is 12.8. The number of carbonyl (C=O) groups is 3. The SMILES string of the molecule is C.C.C.C.C.CC[C@H]1OC(=O)[C@H](C)C(=O)C[C@@H](O[C@@H]2OC(C)CC(N(C)C)C2O)[C@](C)(OC)C[C@@H](C)CN[C@H](C)[C@H]2N(CCCCn3cc(-c4nc5ccccc5s4)nn3)C(=O)O[C@]12C. The molecule has 0 saturated carbocycles. The zero-order valence-electron chi connectivity index (χ0n) is 36.8. The smallest absolute Gasteiger partial charge is 0.410 e. The molecule has 3 fully saturated rings. The second-order valence-corrected chi connectivity index (χ2v) is 18.7. The average molecular weight is 936 g/mol. The van der Waals surface area contributed by atoms with Crippen molar-refractivity contribution in [1.82, 2.24) is 35.1 Å². The molecule has 0 bridgehead atoms. The number of likely N-dealkylation sites (N-methyl/N-ethyl adjacent to an activating group) is 1. The number of Topliss-reactive ketones (excluding diaryl/α,β-unsaturated/α-hetero) is 1. The van der Waals surface area contributed by atoms with Gasteiger partial charge in [0.25, 0.3) is 0 Å². The highest BCUT2D eigenvalue weighted by molar-refractivity contribution is 7.21. The number of nitrogens with zero attached hydrogens (tertiary/aromatic N) is 6. The molecule has 12 atom stereocenters. The number of hydrogen-bond donors (Lipinski definition) is 2. The third kappa shape index (κ3) is 13.1. The van der Waals surface area contributed by atoms with Crippen LogP contribution in [0.1, 0.15) is 124 Å². The van der Waals surface area contributed by atoms with Crippen LogP contribution in [0, 0.1) is 11.8 Å². The van der Waals surface area contributed by atoms with Crippen LogP contribution in [0.25, 0.3) is 20.9 Å². The molecule has 65 heavy (non-hydrogen) atoms. The molecule has 372 valence electrons. The molecule has 0 spiro atoms. The largest absolute Gasteiger partial charge is 0.458 e. The number of unbranched alkanes of at least 4 members (excludes halogenated alkanes) is 1. The number of aromatic nitrogens is 4. The van der Waals surface area contributed by atoms with Crippen molar-refractivity contribution in [3.05, 3.63) is 30.5 Å². The molecule has 17 heteroatoms. The minimum Gasteiger partial charge on any atom is -0.458 e. The van der Waals surface area contributed by atoms with Crippen LogP contribution >= 0.6 is 11.3 Å². The zero-order chi connectivity index (χ0) is 43.5. The lowest BCUT2D eigenvalue weighted by molar-refractivity contribution is -0.289. The highest BCUT2D eigenvalue weighted by Crippen LogP contribution is 2.39. The number of ketones is 1. The van der Waals surface area contributed by atoms with Crippen molar-refractivity contribution in [2.24, 2.45) is 11.8 Å². The first kappa shape index (κ1) is 59.4. The predicted octanol–water partition coefficient (Wildman–Crippen LogP) is 8.25. The first-order chi connectivity index (χ1) is 28.5. The molecule has 2 aromatic heterocycles. The van der Waals surface area contributed by atoms with Crippen LogP contribution in [0.3, 0.4) is 0 Å². The molecule has 1 aromatic carbocycles. The summed E-state index contributed by atoms with van der Waals surface area (Å²) in [6, 6.07) is 6.96. The fourth-order valence-electron chi connectivity index (χ4n) is 9.20. The number of esters is 1. The van der Waals surface area contributed by atoms with Gasteiger partial charge < -0.3 is 39.0 Å². The van der Waals surface area contributed by atoms with E-state index in [9.17, 15) is 19.5 Å². The molecule has 3 aromatic rings. The van der Waals surface area contributed by atoms with E-state index in [4.69, 9.17) is 28.7 Å². The van der Waals surface area contributed by atoms with E-state index in [2.05, 4.69) is 22.6 Å². The quantitative estimate of drug-likeness (QED) is 0.107. The van der Waals surface area contributed by atoms with Gasteiger partial charge in [0.2, 0.25) is 0 Å². The van der Waals surface area contributed by atoms with E-state index in [1.807, 2.05) is 84.1 Å². The Bertz CT molecular complexity index is 1910. The average Bonchev–Trinajstić information content (AvgIpc) is 3.93. The molecule has 6 rings (SSSR count). The second kappa shape index (κ2) is 25.0. The molecule has 3 aliphatic heterocycles. The Balaban J connectivity index is 0.00000422. The lowest BCUT2D eigenvalue weighted by Crippen LogP contribution is -2.61. The Labute approximate surface area is 394 Å². The summed E-state index contributed by atoms with van der Waals surface area (Å²) < 4.78 is 34.2. The highest BCUT2D eigenvalue weighted by atomic mass is 32.1. The van der Waals surface area contributed by atoms with E-state index >= 15 is 0 Å². The van der Waals surface area contributed by atoms with Crippen LogP contribution in [0.4, 0.5) is 4.79 Å². The van der Waals surface area contributed by atoms with E-state index in [-0.39, 0.29) is 67.7 Å². The van der Waals surface area contributed by atoms with Gasteiger partial charge in [-0.15, -0.1) is 16.4 Å². The van der Waals surface area contributed by atoms with Crippen molar-refractivity contribution in [2.75, 3.05) is 34.3 Å². The predicted molar refractivity (Wildman–Crippen MR) is 260 cm³/mol. The van der Waals surface area contributed by atoms with Gasteiger partial charge in [-0.1, -0.05) is 68.3 Å². The molecular formula is C48H85N7O9S. The number of aryl methyl sites for hydroxylation is 1. The lowest BCUT2D eigenvalue weighted by Gasteiger charge is -2.45. The van der Waals surface area contributed by atoms with Gasteiger partial charge in [-0.3, -0.25) is 19.2 Å². The van der Waals surface area contributed by atoms with Gasteiger partial charge in [0.15, 0.2) is 11.9 Å². The fourth-order valence-corrected chi connectivity index (χ4v) is 10.1. The molecule has 3 saturated heterocycles. The Kier molecular flexibility index (Phi) is 22.8. The van der Waals surface area contributed by atoms with E-state index in [0.29, 0.717) is 45.3 Å². The standard InChI is InChI=1S/C43H65N7O9S.5CH4/c1-11-34-43(7)37(50(41(54)59-43)19-15-14-18-49-24-30(46-47-49)38-45-29-16-12-13-17-33(29)60-38)28(5)44-23-25(2)22-42(6,55-10)35(21-32(51)27(4)39(53)57-34)58-40-36(52)31(48(8)9)20-26(3)56-40;;;;;/h12-13,16-17,24-28,31,34-37,40,44,52H,11,14-15,18-23H2,1-10H3;5*1H4/t25-,26?,27-,28-,31?,34-,35-,36?,37-,40+,42-,43-;;;;;/m1...../s1. The lowest BCUT2D eigenvalue weighted by atomic mass is 9.83. The number of carbonyl (C=O) groups excluding carboxylic acids is 3. The van der Waals surface area contributed by atoms with Crippen molar-refractivity contribution in [2.45, 2.75) is 191 Å². The monoisotopic (exact) mass is 936 g/mol. The van der Waals surface area contributed by atoms with Gasteiger partial charge in [-0.05, 0) is 105 Å². The molecule has 0 radical (unpaired) electrons. The van der Waals surface area contributed by atoms with E-state index in [1.54, 1.807) is 28.0 Å². The summed E-state index contributed by atoms with van der Waals surface area (Å²) in [5, 5.41) is 24.6. The maximum Gasteiger partial charge on any atom is 0.410 e. The minimum absolute atomic E-state index is 0. The van der Waals surface area contributed by atoms with Crippen LogP contribution in [0.15, 0.2) is 30.5 Å². The molecule has 1 amide bonds. The van der Waals surface area contributed by atoms with Crippen LogP contribution < -0.4 is 5.32 Å². The van der Waals surface area contributed by atoms with Crippen molar-refractivity contribution in [3.63, 3.8) is 0 Å². The van der Waals surface area contributed by atoms with Crippen LogP contribution in [0.5, 0.6) is 0 Å². The molecule has 3 unspecified atom stereocenters. The van der Waals surface area contributed by atoms with Crippen LogP contribution in [-0.2, 0) is 39.8 Å². The van der Waals surface area contributed by atoms with Crippen molar-refractivity contribution < 1.29 is 43.2 Å². The summed E-state index contributed by atoms with van der Waals surface area (Å²) >= 11 is 1.58. The summed E-state index contributed by atoms with van der Waals surface area (Å²) in [7, 11) is 5.39. The Hall–Kier alpha value is -3.58. The number of ether oxygens (including phenoxy) is 5. The van der Waals surface area contributed by atoms with Gasteiger partial charge in [0.05, 0.1) is 40.3 Å². The number of amides is 1. The number of thiazole rings is 1. The number of nitrogens with one attached hydrogen (secondary N) is 1. The normalized spacial score (nSPS) is 32.2. The number of fused-ring (bicyclic) bond motifs is 2. The van der Waals surface area contributed by atoms with Gasteiger partial charge in [0.1, 0.15) is 34.6 Å². The molecular weight excluding hydrogens is 851 g/mol. The van der Waals surface area contributed by atoms with Gasteiger partial charge in [-0.25, -0.2) is 9.78 Å². The Morgan fingerprint density at radius 2 is 1.69 bits per heavy atom. The summed E-state index contributed by atoms with van der Waals surface area (Å²) in [4.78, 5) is 50.2. The summed E-state index contributed by atoms with van der Waals surface area (Å²) in [5.41, 5.74) is -0.592. The van der Waals surface area contributed by atoms with Gasteiger partial charge in [-0.2, -0.15) is 0 Å². The molecule has 16 nitrogen and oxygen atoms in total. The summed E-state index contributed by atoms with van der Waals surface area (Å²) in [6.07, 6.45) is 0.148. The topological polar surface area (TPSA) is 180 Å². The van der Waals surface area contributed by atoms with Crippen LogP contribution in [-0.4, -0.2) is 147 Å². The van der Waals surface area contributed by atoms with Crippen LogP contribution in [0.2, 0.25) is 0 Å². The number of aliphatic hydroxyl groups excluding tert-OH is 1. The Morgan fingerprint density at radius 3 is 2.34 bits per heavy atom. The number of aliphatic hydroxyl groups is 1. The van der Waals surface area contributed by atoms with E-state index in [1.165, 1.54) is 6.92 Å². The highest BCUT2D eigenvalue weighted by Gasteiger charge is 2.58. The molecule has 5 heterocycles. The Morgan fingerprint density at radius 1 is 1.02 bits per heavy atom. The first-order valence-electron chi connectivity index (χ1n) is 21.4. The van der Waals surface area contributed by atoms with E-state index < -0.39 is 65.6 Å². The summed E-state index contributed by atoms with van der Waals surface area (Å²) in [6.45, 7) is 14.7. The summed E-state index contributed by atoms with van der Waals surface area (Å²) in [5.74, 6) is -2.26. The number of benzene rings is 1. The number of methoxy groups -OCH3 is 1. The van der Waals surface area contributed by atoms with Gasteiger partial charge >= 0.3 is 12.1 Å². The van der Waals surface area contributed by atoms with Gasteiger partial charge in [0, 0.05) is 38.7 Å². The van der Waals surface area contributed by atoms with Crippen molar-refractivity contribution in [1.29, 1.82) is 0 Å². The number of hydrogen-bond acceptors (Lipinski definition) is 15. The van der Waals surface area contributed by atoms with E-state index in [0.717, 1.165) is 27.3 Å². The fraction of sp³-hybridized carbons (Fsp3) is 0.750. The minimum atomic E-state index is -1.22. The maximum atomic E-state index is 14.1. The maximum absolute atomic E-state index is 14.1. The number of rotatable bonds is 11. The van der Waals surface area contributed by atoms with Crippen molar-refractivity contribution >= 4 is 39.4 Å². The number of para-hydroxylation sites is 1. The zero-order valence-corrected chi connectivity index (χ0v) is 37.6. The third-order valence-corrected chi connectivity index (χ3v) is 13.8. The molecule has 0 aliphatic carbocycles. The number of cyclic esters (lactones) is 1. The molecule has 2 N–H and O–H groups in total. The first-order valence-corrected chi connectivity index (χ1v) is 22.2.